The lowest BCUT2D eigenvalue weighted by atomic mass is 9.93. The number of methoxy groups -OCH3 is 1. The molecule has 0 spiro atoms. The molecule has 4 heteroatoms. The number of benzene rings is 1. The Morgan fingerprint density at radius 1 is 1.53 bits per heavy atom. The highest BCUT2D eigenvalue weighted by molar-refractivity contribution is 9.10. The molecule has 0 aliphatic carbocycles. The molecule has 1 aromatic carbocycles. The summed E-state index contributed by atoms with van der Waals surface area (Å²) in [5, 5.41) is -0.0695. The van der Waals surface area contributed by atoms with Crippen LogP contribution in [0.3, 0.4) is 0 Å². The van der Waals surface area contributed by atoms with Gasteiger partial charge in [-0.1, -0.05) is 15.9 Å². The molecule has 1 saturated heterocycles. The van der Waals surface area contributed by atoms with Gasteiger partial charge >= 0.3 is 0 Å². The molecular weight excluding hydrogens is 303 g/mol. The van der Waals surface area contributed by atoms with E-state index in [1.54, 1.807) is 7.11 Å². The minimum absolute atomic E-state index is 0.0695. The molecule has 1 aliphatic heterocycles. The zero-order chi connectivity index (χ0) is 12.4. The molecule has 0 N–H and O–H groups in total. The number of ether oxygens (including phenoxy) is 2. The average molecular weight is 320 g/mol. The van der Waals surface area contributed by atoms with Gasteiger partial charge in [-0.25, -0.2) is 0 Å². The van der Waals surface area contributed by atoms with E-state index in [9.17, 15) is 0 Å². The lowest BCUT2D eigenvalue weighted by molar-refractivity contribution is 0.104. The minimum atomic E-state index is -0.0695. The van der Waals surface area contributed by atoms with Gasteiger partial charge < -0.3 is 9.47 Å². The van der Waals surface area contributed by atoms with E-state index in [2.05, 4.69) is 22.9 Å². The number of hydrogen-bond donors (Lipinski definition) is 0. The summed E-state index contributed by atoms with van der Waals surface area (Å²) >= 11 is 10.1. The summed E-state index contributed by atoms with van der Waals surface area (Å²) in [5.41, 5.74) is 1.03. The highest BCUT2D eigenvalue weighted by atomic mass is 79.9. The maximum absolute atomic E-state index is 6.58. The molecule has 3 unspecified atom stereocenters. The van der Waals surface area contributed by atoms with E-state index >= 15 is 0 Å². The summed E-state index contributed by atoms with van der Waals surface area (Å²) in [6.45, 7) is 2.88. The smallest absolute Gasteiger partial charge is 0.123 e. The maximum atomic E-state index is 6.58. The first kappa shape index (κ1) is 13.2. The van der Waals surface area contributed by atoms with Crippen molar-refractivity contribution in [2.24, 2.45) is 5.92 Å². The Labute approximate surface area is 115 Å². The van der Waals surface area contributed by atoms with Gasteiger partial charge in [0, 0.05) is 22.6 Å². The van der Waals surface area contributed by atoms with E-state index in [1.807, 2.05) is 18.2 Å². The van der Waals surface area contributed by atoms with Crippen LogP contribution in [0.4, 0.5) is 0 Å². The number of alkyl halides is 1. The third-order valence-electron chi connectivity index (χ3n) is 3.30. The third-order valence-corrected chi connectivity index (χ3v) is 4.35. The first-order valence-electron chi connectivity index (χ1n) is 5.72. The van der Waals surface area contributed by atoms with Crippen LogP contribution in [0, 0.1) is 5.92 Å². The first-order chi connectivity index (χ1) is 8.13. The normalized spacial score (nSPS) is 25.9. The Bertz CT molecular complexity index is 397. The molecule has 0 aromatic heterocycles. The van der Waals surface area contributed by atoms with Crippen molar-refractivity contribution in [1.82, 2.24) is 0 Å². The Morgan fingerprint density at radius 2 is 2.29 bits per heavy atom. The fraction of sp³-hybridized carbons (Fsp3) is 0.538. The molecule has 2 rings (SSSR count). The monoisotopic (exact) mass is 318 g/mol. The molecule has 1 aliphatic rings. The molecule has 1 heterocycles. The number of rotatable bonds is 3. The molecular formula is C13H16BrClO2. The Hall–Kier alpha value is -0.250. The third kappa shape index (κ3) is 2.78. The summed E-state index contributed by atoms with van der Waals surface area (Å²) in [5.74, 6) is 1.19. The van der Waals surface area contributed by atoms with Gasteiger partial charge in [-0.2, -0.15) is 0 Å². The second kappa shape index (κ2) is 5.59. The molecule has 0 bridgehead atoms. The van der Waals surface area contributed by atoms with E-state index in [0.717, 1.165) is 28.8 Å². The van der Waals surface area contributed by atoms with Crippen LogP contribution in [0.2, 0.25) is 0 Å². The van der Waals surface area contributed by atoms with Crippen LogP contribution in [0.1, 0.15) is 24.3 Å². The predicted molar refractivity (Wildman–Crippen MR) is 72.8 cm³/mol. The second-order valence-electron chi connectivity index (χ2n) is 4.32. The lowest BCUT2D eigenvalue weighted by Crippen LogP contribution is -2.17. The standard InChI is InChI=1S/C13H16BrClO2/c1-8-10(5-6-17-8)13(15)11-7-9(14)3-4-12(11)16-2/h3-4,7-8,10,13H,5-6H2,1-2H3. The van der Waals surface area contributed by atoms with Crippen molar-refractivity contribution in [1.29, 1.82) is 0 Å². The quantitative estimate of drug-likeness (QED) is 0.779. The molecule has 0 radical (unpaired) electrons. The molecule has 1 aromatic rings. The van der Waals surface area contributed by atoms with Crippen LogP contribution in [-0.2, 0) is 4.74 Å². The summed E-state index contributed by atoms with van der Waals surface area (Å²) < 4.78 is 12.0. The molecule has 0 saturated carbocycles. The fourth-order valence-corrected chi connectivity index (χ4v) is 3.16. The zero-order valence-electron chi connectivity index (χ0n) is 9.95. The Kier molecular flexibility index (Phi) is 4.34. The largest absolute Gasteiger partial charge is 0.496 e. The van der Waals surface area contributed by atoms with Gasteiger partial charge in [-0.3, -0.25) is 0 Å². The van der Waals surface area contributed by atoms with E-state index in [0.29, 0.717) is 5.92 Å². The van der Waals surface area contributed by atoms with E-state index in [4.69, 9.17) is 21.1 Å². The second-order valence-corrected chi connectivity index (χ2v) is 5.70. The van der Waals surface area contributed by atoms with Crippen LogP contribution >= 0.6 is 27.5 Å². The average Bonchev–Trinajstić information content (AvgIpc) is 2.74. The molecule has 3 atom stereocenters. The summed E-state index contributed by atoms with van der Waals surface area (Å²) in [7, 11) is 1.67. The van der Waals surface area contributed by atoms with Crippen molar-refractivity contribution in [2.75, 3.05) is 13.7 Å². The van der Waals surface area contributed by atoms with E-state index < -0.39 is 0 Å². The van der Waals surface area contributed by atoms with Crippen molar-refractivity contribution < 1.29 is 9.47 Å². The molecule has 94 valence electrons. The molecule has 17 heavy (non-hydrogen) atoms. The SMILES string of the molecule is COc1ccc(Br)cc1C(Cl)C1CCOC1C. The van der Waals surface area contributed by atoms with Crippen molar-refractivity contribution >= 4 is 27.5 Å². The highest BCUT2D eigenvalue weighted by Crippen LogP contribution is 2.42. The Balaban J connectivity index is 2.28. The fourth-order valence-electron chi connectivity index (χ4n) is 2.28. The summed E-state index contributed by atoms with van der Waals surface area (Å²) in [6.07, 6.45) is 1.21. The van der Waals surface area contributed by atoms with Crippen molar-refractivity contribution in [3.8, 4) is 5.75 Å². The van der Waals surface area contributed by atoms with Crippen molar-refractivity contribution in [3.05, 3.63) is 28.2 Å². The van der Waals surface area contributed by atoms with Gasteiger partial charge in [0.05, 0.1) is 18.6 Å². The van der Waals surface area contributed by atoms with Crippen molar-refractivity contribution in [2.45, 2.75) is 24.8 Å². The van der Waals surface area contributed by atoms with Crippen LogP contribution < -0.4 is 4.74 Å². The van der Waals surface area contributed by atoms with Gasteiger partial charge in [-0.15, -0.1) is 11.6 Å². The molecule has 1 fully saturated rings. The summed E-state index contributed by atoms with van der Waals surface area (Å²) in [4.78, 5) is 0. The van der Waals surface area contributed by atoms with Gasteiger partial charge in [0.25, 0.3) is 0 Å². The van der Waals surface area contributed by atoms with Gasteiger partial charge in [-0.05, 0) is 31.5 Å². The topological polar surface area (TPSA) is 18.5 Å². The predicted octanol–water partition coefficient (Wildman–Crippen LogP) is 4.16. The number of halogens is 2. The van der Waals surface area contributed by atoms with Crippen LogP contribution in [0.15, 0.2) is 22.7 Å². The van der Waals surface area contributed by atoms with Crippen molar-refractivity contribution in [3.63, 3.8) is 0 Å². The van der Waals surface area contributed by atoms with Crippen LogP contribution in [-0.4, -0.2) is 19.8 Å². The van der Waals surface area contributed by atoms with E-state index in [1.165, 1.54) is 0 Å². The van der Waals surface area contributed by atoms with E-state index in [-0.39, 0.29) is 11.5 Å². The van der Waals surface area contributed by atoms with Gasteiger partial charge in [0.15, 0.2) is 0 Å². The zero-order valence-corrected chi connectivity index (χ0v) is 12.3. The molecule has 2 nitrogen and oxygen atoms in total. The van der Waals surface area contributed by atoms with Crippen LogP contribution in [0.25, 0.3) is 0 Å². The minimum Gasteiger partial charge on any atom is -0.496 e. The van der Waals surface area contributed by atoms with Crippen LogP contribution in [0.5, 0.6) is 5.75 Å². The van der Waals surface area contributed by atoms with Gasteiger partial charge in [0.1, 0.15) is 5.75 Å². The summed E-state index contributed by atoms with van der Waals surface area (Å²) in [6, 6.07) is 5.93. The molecule has 0 amide bonds. The highest BCUT2D eigenvalue weighted by Gasteiger charge is 2.33. The number of hydrogen-bond acceptors (Lipinski definition) is 2. The lowest BCUT2D eigenvalue weighted by Gasteiger charge is -2.22. The maximum Gasteiger partial charge on any atom is 0.123 e. The first-order valence-corrected chi connectivity index (χ1v) is 6.95. The van der Waals surface area contributed by atoms with Gasteiger partial charge in [0.2, 0.25) is 0 Å². The Morgan fingerprint density at radius 3 is 2.88 bits per heavy atom.